The molecular formula is C25H22N2O3S. The molecule has 0 saturated heterocycles. The van der Waals surface area contributed by atoms with Crippen LogP contribution in [-0.4, -0.2) is 10.9 Å². The molecule has 1 amide bonds. The van der Waals surface area contributed by atoms with Crippen LogP contribution in [0.4, 0.5) is 5.13 Å². The lowest BCUT2D eigenvalue weighted by Crippen LogP contribution is -2.29. The predicted molar refractivity (Wildman–Crippen MR) is 123 cm³/mol. The smallest absolute Gasteiger partial charge is 0.297 e. The van der Waals surface area contributed by atoms with Gasteiger partial charge in [0, 0.05) is 4.88 Å². The topological polar surface area (TPSA) is 63.4 Å². The SMILES string of the molecule is CCc1ccc([C@@H]2c3c(oc4ccc(C)cc4c3=O)C(=O)N2c2nc(C)c(C)s2)cc1. The number of nitrogens with zero attached hydrogens (tertiary/aromatic N) is 2. The summed E-state index contributed by atoms with van der Waals surface area (Å²) in [6.07, 6.45) is 0.918. The van der Waals surface area contributed by atoms with Crippen LogP contribution in [0.5, 0.6) is 0 Å². The van der Waals surface area contributed by atoms with Crippen molar-refractivity contribution in [3.63, 3.8) is 0 Å². The van der Waals surface area contributed by atoms with Gasteiger partial charge in [0.2, 0.25) is 5.76 Å². The van der Waals surface area contributed by atoms with E-state index in [1.807, 2.05) is 57.2 Å². The lowest BCUT2D eigenvalue weighted by molar-refractivity contribution is 0.0971. The summed E-state index contributed by atoms with van der Waals surface area (Å²) in [6, 6.07) is 13.0. The summed E-state index contributed by atoms with van der Waals surface area (Å²) in [4.78, 5) is 34.5. The molecule has 0 fully saturated rings. The zero-order chi connectivity index (χ0) is 21.9. The molecule has 1 aliphatic rings. The summed E-state index contributed by atoms with van der Waals surface area (Å²) in [5.74, 6) is -0.218. The van der Waals surface area contributed by atoms with Gasteiger partial charge in [-0.05, 0) is 50.5 Å². The Bertz CT molecular complexity index is 1380. The van der Waals surface area contributed by atoms with Crippen molar-refractivity contribution in [2.24, 2.45) is 0 Å². The van der Waals surface area contributed by atoms with E-state index in [-0.39, 0.29) is 17.1 Å². The molecule has 0 unspecified atom stereocenters. The van der Waals surface area contributed by atoms with Crippen LogP contribution >= 0.6 is 11.3 Å². The van der Waals surface area contributed by atoms with E-state index in [0.717, 1.165) is 28.1 Å². The van der Waals surface area contributed by atoms with Crippen LogP contribution in [0.1, 0.15) is 56.3 Å². The van der Waals surface area contributed by atoms with E-state index in [1.54, 1.807) is 11.0 Å². The van der Waals surface area contributed by atoms with Crippen molar-refractivity contribution in [1.82, 2.24) is 4.98 Å². The van der Waals surface area contributed by atoms with Gasteiger partial charge in [-0.15, -0.1) is 11.3 Å². The Labute approximate surface area is 184 Å². The lowest BCUT2D eigenvalue weighted by atomic mass is 9.97. The van der Waals surface area contributed by atoms with Gasteiger partial charge in [-0.2, -0.15) is 0 Å². The van der Waals surface area contributed by atoms with Crippen LogP contribution in [0, 0.1) is 20.8 Å². The molecule has 6 heteroatoms. The molecule has 5 nitrogen and oxygen atoms in total. The minimum Gasteiger partial charge on any atom is -0.450 e. The Morgan fingerprint density at radius 1 is 1.06 bits per heavy atom. The Hall–Kier alpha value is -3.25. The maximum absolute atomic E-state index is 13.6. The molecule has 0 spiro atoms. The van der Waals surface area contributed by atoms with Crippen molar-refractivity contribution in [1.29, 1.82) is 0 Å². The average Bonchev–Trinajstić information content (AvgIpc) is 3.25. The fourth-order valence-corrected chi connectivity index (χ4v) is 5.03. The molecular weight excluding hydrogens is 408 g/mol. The second-order valence-corrected chi connectivity index (χ2v) is 9.17. The number of carbonyl (C=O) groups excluding carboxylic acids is 1. The van der Waals surface area contributed by atoms with E-state index in [4.69, 9.17) is 4.42 Å². The first-order valence-electron chi connectivity index (χ1n) is 10.3. The van der Waals surface area contributed by atoms with Crippen LogP contribution < -0.4 is 10.3 Å². The minimum atomic E-state index is -0.570. The Kier molecular flexibility index (Phi) is 4.55. The van der Waals surface area contributed by atoms with Crippen molar-refractivity contribution >= 4 is 33.3 Å². The van der Waals surface area contributed by atoms with Crippen molar-refractivity contribution in [2.45, 2.75) is 40.2 Å². The molecule has 0 saturated carbocycles. The van der Waals surface area contributed by atoms with Crippen LogP contribution in [0.3, 0.4) is 0 Å². The number of fused-ring (bicyclic) bond motifs is 2. The van der Waals surface area contributed by atoms with E-state index in [1.165, 1.54) is 16.9 Å². The van der Waals surface area contributed by atoms with Crippen LogP contribution in [0.2, 0.25) is 0 Å². The summed E-state index contributed by atoms with van der Waals surface area (Å²) in [7, 11) is 0. The first kappa shape index (κ1) is 19.7. The maximum atomic E-state index is 13.6. The van der Waals surface area contributed by atoms with Gasteiger partial charge < -0.3 is 4.42 Å². The summed E-state index contributed by atoms with van der Waals surface area (Å²) < 4.78 is 6.02. The largest absolute Gasteiger partial charge is 0.450 e. The summed E-state index contributed by atoms with van der Waals surface area (Å²) >= 11 is 1.45. The van der Waals surface area contributed by atoms with E-state index >= 15 is 0 Å². The highest BCUT2D eigenvalue weighted by atomic mass is 32.1. The molecule has 0 N–H and O–H groups in total. The molecule has 0 radical (unpaired) electrons. The zero-order valence-corrected chi connectivity index (χ0v) is 18.7. The second kappa shape index (κ2) is 7.17. The third kappa shape index (κ3) is 3.01. The maximum Gasteiger partial charge on any atom is 0.297 e. The van der Waals surface area contributed by atoms with Gasteiger partial charge in [0.25, 0.3) is 5.91 Å². The number of hydrogen-bond donors (Lipinski definition) is 0. The molecule has 4 aromatic rings. The number of aryl methyl sites for hydroxylation is 4. The molecule has 156 valence electrons. The molecule has 1 aliphatic heterocycles. The van der Waals surface area contributed by atoms with Crippen LogP contribution in [0.15, 0.2) is 51.7 Å². The Morgan fingerprint density at radius 3 is 2.45 bits per heavy atom. The van der Waals surface area contributed by atoms with Crippen molar-refractivity contribution in [2.75, 3.05) is 4.90 Å². The standard InChI is InChI=1S/C25H22N2O3S/c1-5-16-7-9-17(10-8-16)21-20-22(28)18-12-13(2)6-11-19(18)30-23(20)24(29)27(21)25-26-14(3)15(4)31-25/h6-12,21H,5H2,1-4H3/t21-/m1/s1. The van der Waals surface area contributed by atoms with Gasteiger partial charge in [-0.1, -0.05) is 42.8 Å². The van der Waals surface area contributed by atoms with Crippen molar-refractivity contribution < 1.29 is 9.21 Å². The number of anilines is 1. The Morgan fingerprint density at radius 2 is 1.81 bits per heavy atom. The highest BCUT2D eigenvalue weighted by Gasteiger charge is 2.45. The lowest BCUT2D eigenvalue weighted by Gasteiger charge is -2.22. The fraction of sp³-hybridized carbons (Fsp3) is 0.240. The number of aromatic nitrogens is 1. The highest BCUT2D eigenvalue weighted by Crippen LogP contribution is 2.43. The van der Waals surface area contributed by atoms with E-state index in [0.29, 0.717) is 21.7 Å². The van der Waals surface area contributed by atoms with Crippen LogP contribution in [-0.2, 0) is 6.42 Å². The third-order valence-electron chi connectivity index (χ3n) is 5.95. The van der Waals surface area contributed by atoms with Crippen molar-refractivity contribution in [3.05, 3.63) is 91.3 Å². The first-order valence-corrected chi connectivity index (χ1v) is 11.1. The van der Waals surface area contributed by atoms with E-state index in [9.17, 15) is 9.59 Å². The average molecular weight is 431 g/mol. The third-order valence-corrected chi connectivity index (χ3v) is 7.02. The van der Waals surface area contributed by atoms with Gasteiger partial charge in [0.1, 0.15) is 5.58 Å². The fourth-order valence-electron chi connectivity index (χ4n) is 4.09. The van der Waals surface area contributed by atoms with Gasteiger partial charge in [0.05, 0.1) is 22.7 Å². The van der Waals surface area contributed by atoms with Gasteiger partial charge in [-0.3, -0.25) is 14.5 Å². The number of hydrogen-bond acceptors (Lipinski definition) is 5. The summed E-state index contributed by atoms with van der Waals surface area (Å²) in [6.45, 7) is 7.94. The molecule has 2 aromatic carbocycles. The normalized spacial score (nSPS) is 15.7. The summed E-state index contributed by atoms with van der Waals surface area (Å²) in [5, 5.41) is 1.07. The molecule has 31 heavy (non-hydrogen) atoms. The molecule has 5 rings (SSSR count). The minimum absolute atomic E-state index is 0.108. The van der Waals surface area contributed by atoms with Gasteiger partial charge in [-0.25, -0.2) is 4.98 Å². The predicted octanol–water partition coefficient (Wildman–Crippen LogP) is 5.49. The van der Waals surface area contributed by atoms with Crippen molar-refractivity contribution in [3.8, 4) is 0 Å². The van der Waals surface area contributed by atoms with E-state index < -0.39 is 6.04 Å². The molecule has 0 aliphatic carbocycles. The number of rotatable bonds is 3. The first-order chi connectivity index (χ1) is 14.9. The summed E-state index contributed by atoms with van der Waals surface area (Å²) in [5.41, 5.74) is 4.57. The van der Waals surface area contributed by atoms with E-state index in [2.05, 4.69) is 11.9 Å². The number of thiazole rings is 1. The molecule has 3 heterocycles. The van der Waals surface area contributed by atoms with Gasteiger partial charge in [0.15, 0.2) is 10.6 Å². The number of carbonyl (C=O) groups is 1. The Balaban J connectivity index is 1.80. The molecule has 0 bridgehead atoms. The second-order valence-electron chi connectivity index (χ2n) is 7.98. The number of amides is 1. The zero-order valence-electron chi connectivity index (χ0n) is 17.9. The monoisotopic (exact) mass is 430 g/mol. The quantitative estimate of drug-likeness (QED) is 0.431. The van der Waals surface area contributed by atoms with Gasteiger partial charge >= 0.3 is 0 Å². The molecule has 2 aromatic heterocycles. The highest BCUT2D eigenvalue weighted by molar-refractivity contribution is 7.15. The van der Waals surface area contributed by atoms with Crippen LogP contribution in [0.25, 0.3) is 11.0 Å². The number of benzene rings is 2. The molecule has 1 atom stereocenters.